The Morgan fingerprint density at radius 1 is 0.579 bits per heavy atom. The minimum absolute atomic E-state index is 0.924. The molecule has 0 rings (SSSR count). The van der Waals surface area contributed by atoms with Gasteiger partial charge in [0.05, 0.1) is 0 Å². The molecular weight excluding hydrogens is 228 g/mol. The van der Waals surface area contributed by atoms with Crippen molar-refractivity contribution >= 4 is 0 Å². The fourth-order valence-electron chi connectivity index (χ4n) is 3.62. The molecule has 0 amide bonds. The fourth-order valence-corrected chi connectivity index (χ4v) is 3.62. The van der Waals surface area contributed by atoms with Crippen LogP contribution in [-0.2, 0) is 0 Å². The smallest absolute Gasteiger partial charge is 0.0389 e. The molecule has 0 N–H and O–H groups in total. The average molecular weight is 269 g/mol. The second-order valence-corrected chi connectivity index (χ2v) is 6.80. The van der Waals surface area contributed by atoms with E-state index in [1.54, 1.807) is 0 Å². The van der Waals surface area contributed by atoms with Crippen molar-refractivity contribution in [1.82, 2.24) is 0 Å². The summed E-state index contributed by atoms with van der Waals surface area (Å²) in [7, 11) is 0. The molecule has 0 aromatic heterocycles. The van der Waals surface area contributed by atoms with Gasteiger partial charge in [-0.25, -0.2) is 0 Å². The molecule has 116 valence electrons. The maximum atomic E-state index is 2.49. The Bertz CT molecular complexity index is 184. The SMILES string of the molecule is CCCC(CC)C(C)CCCC(CCC)C(C)CC. The van der Waals surface area contributed by atoms with Crippen LogP contribution in [0.4, 0.5) is 0 Å². The number of rotatable bonds is 12. The molecule has 0 radical (unpaired) electrons. The zero-order valence-electron chi connectivity index (χ0n) is 14.7. The molecule has 0 aliphatic rings. The van der Waals surface area contributed by atoms with Gasteiger partial charge in [0.1, 0.15) is 0 Å². The van der Waals surface area contributed by atoms with Crippen LogP contribution in [0.5, 0.6) is 0 Å². The summed E-state index contributed by atoms with van der Waals surface area (Å²) >= 11 is 0. The standard InChI is InChI=1S/C19H40/c1-7-12-18(10-4)17(6)14-11-15-19(13-8-2)16(5)9-3/h16-19H,7-15H2,1-6H3. The minimum Gasteiger partial charge on any atom is -0.0654 e. The van der Waals surface area contributed by atoms with Gasteiger partial charge in [-0.1, -0.05) is 99.3 Å². The quantitative estimate of drug-likeness (QED) is 0.354. The van der Waals surface area contributed by atoms with E-state index < -0.39 is 0 Å². The van der Waals surface area contributed by atoms with Crippen molar-refractivity contribution in [2.24, 2.45) is 23.7 Å². The lowest BCUT2D eigenvalue weighted by atomic mass is 9.80. The van der Waals surface area contributed by atoms with Crippen LogP contribution in [-0.4, -0.2) is 0 Å². The van der Waals surface area contributed by atoms with Crippen LogP contribution < -0.4 is 0 Å². The molecule has 0 saturated heterocycles. The Kier molecular flexibility index (Phi) is 11.8. The topological polar surface area (TPSA) is 0 Å². The highest BCUT2D eigenvalue weighted by atomic mass is 14.2. The van der Waals surface area contributed by atoms with E-state index in [4.69, 9.17) is 0 Å². The third kappa shape index (κ3) is 8.00. The predicted molar refractivity (Wildman–Crippen MR) is 89.6 cm³/mol. The van der Waals surface area contributed by atoms with Crippen molar-refractivity contribution < 1.29 is 0 Å². The molecule has 0 bridgehead atoms. The number of hydrogen-bond donors (Lipinski definition) is 0. The van der Waals surface area contributed by atoms with Gasteiger partial charge in [0, 0.05) is 0 Å². The average Bonchev–Trinajstić information content (AvgIpc) is 2.42. The minimum atomic E-state index is 0.924. The second-order valence-electron chi connectivity index (χ2n) is 6.80. The summed E-state index contributed by atoms with van der Waals surface area (Å²) in [5.74, 6) is 3.81. The van der Waals surface area contributed by atoms with Crippen LogP contribution in [0.3, 0.4) is 0 Å². The van der Waals surface area contributed by atoms with E-state index in [2.05, 4.69) is 41.5 Å². The van der Waals surface area contributed by atoms with E-state index in [1.807, 2.05) is 0 Å². The Hall–Kier alpha value is 0. The van der Waals surface area contributed by atoms with Crippen LogP contribution in [0.25, 0.3) is 0 Å². The van der Waals surface area contributed by atoms with Gasteiger partial charge in [-0.2, -0.15) is 0 Å². The molecule has 0 saturated carbocycles. The van der Waals surface area contributed by atoms with Crippen molar-refractivity contribution in [2.75, 3.05) is 0 Å². The van der Waals surface area contributed by atoms with Crippen molar-refractivity contribution in [3.8, 4) is 0 Å². The van der Waals surface area contributed by atoms with Gasteiger partial charge in [0.15, 0.2) is 0 Å². The van der Waals surface area contributed by atoms with E-state index in [0.29, 0.717) is 0 Å². The third-order valence-electron chi connectivity index (χ3n) is 5.33. The van der Waals surface area contributed by atoms with E-state index in [1.165, 1.54) is 57.8 Å². The molecule has 0 aromatic carbocycles. The Morgan fingerprint density at radius 3 is 1.63 bits per heavy atom. The van der Waals surface area contributed by atoms with E-state index in [0.717, 1.165) is 23.7 Å². The first-order valence-electron chi connectivity index (χ1n) is 9.10. The molecule has 4 unspecified atom stereocenters. The van der Waals surface area contributed by atoms with Crippen molar-refractivity contribution in [1.29, 1.82) is 0 Å². The predicted octanol–water partition coefficient (Wildman–Crippen LogP) is 7.08. The first-order chi connectivity index (χ1) is 9.10. The van der Waals surface area contributed by atoms with Gasteiger partial charge in [-0.05, 0) is 23.7 Å². The molecule has 0 heterocycles. The largest absolute Gasteiger partial charge is 0.0654 e. The Labute approximate surface area is 123 Å². The van der Waals surface area contributed by atoms with E-state index >= 15 is 0 Å². The zero-order valence-corrected chi connectivity index (χ0v) is 14.7. The molecular formula is C19H40. The molecule has 4 atom stereocenters. The Balaban J connectivity index is 4.02. The van der Waals surface area contributed by atoms with Crippen LogP contribution in [0.15, 0.2) is 0 Å². The first kappa shape index (κ1) is 19.0. The van der Waals surface area contributed by atoms with Crippen LogP contribution in [0, 0.1) is 23.7 Å². The highest BCUT2D eigenvalue weighted by Crippen LogP contribution is 2.30. The van der Waals surface area contributed by atoms with Crippen molar-refractivity contribution in [3.05, 3.63) is 0 Å². The van der Waals surface area contributed by atoms with Gasteiger partial charge in [-0.3, -0.25) is 0 Å². The maximum absolute atomic E-state index is 2.49. The second kappa shape index (κ2) is 11.8. The summed E-state index contributed by atoms with van der Waals surface area (Å²) < 4.78 is 0. The zero-order chi connectivity index (χ0) is 14.7. The summed E-state index contributed by atoms with van der Waals surface area (Å²) in [6.45, 7) is 14.3. The van der Waals surface area contributed by atoms with Gasteiger partial charge in [0.2, 0.25) is 0 Å². The maximum Gasteiger partial charge on any atom is -0.0389 e. The van der Waals surface area contributed by atoms with Gasteiger partial charge in [0.25, 0.3) is 0 Å². The summed E-state index contributed by atoms with van der Waals surface area (Å²) in [4.78, 5) is 0. The first-order valence-corrected chi connectivity index (χ1v) is 9.10. The lowest BCUT2D eigenvalue weighted by molar-refractivity contribution is 0.261. The van der Waals surface area contributed by atoms with Gasteiger partial charge < -0.3 is 0 Å². The van der Waals surface area contributed by atoms with Crippen LogP contribution >= 0.6 is 0 Å². The van der Waals surface area contributed by atoms with E-state index in [-0.39, 0.29) is 0 Å². The van der Waals surface area contributed by atoms with Crippen molar-refractivity contribution in [2.45, 2.75) is 99.3 Å². The summed E-state index contributed by atoms with van der Waals surface area (Å²) in [6.07, 6.45) is 12.7. The molecule has 0 aliphatic heterocycles. The molecule has 19 heavy (non-hydrogen) atoms. The summed E-state index contributed by atoms with van der Waals surface area (Å²) in [6, 6.07) is 0. The highest BCUT2D eigenvalue weighted by molar-refractivity contribution is 4.69. The molecule has 0 aromatic rings. The molecule has 0 aliphatic carbocycles. The van der Waals surface area contributed by atoms with Crippen LogP contribution in [0.1, 0.15) is 99.3 Å². The molecule has 0 heteroatoms. The monoisotopic (exact) mass is 268 g/mol. The summed E-state index contributed by atoms with van der Waals surface area (Å²) in [5.41, 5.74) is 0. The summed E-state index contributed by atoms with van der Waals surface area (Å²) in [5, 5.41) is 0. The van der Waals surface area contributed by atoms with Crippen molar-refractivity contribution in [3.63, 3.8) is 0 Å². The lowest BCUT2D eigenvalue weighted by Gasteiger charge is -2.25. The normalized spacial score (nSPS) is 18.0. The Morgan fingerprint density at radius 2 is 1.16 bits per heavy atom. The molecule has 0 spiro atoms. The fraction of sp³-hybridized carbons (Fsp3) is 1.00. The number of hydrogen-bond acceptors (Lipinski definition) is 0. The van der Waals surface area contributed by atoms with E-state index in [9.17, 15) is 0 Å². The van der Waals surface area contributed by atoms with Gasteiger partial charge in [-0.15, -0.1) is 0 Å². The lowest BCUT2D eigenvalue weighted by Crippen LogP contribution is -2.14. The van der Waals surface area contributed by atoms with Crippen LogP contribution in [0.2, 0.25) is 0 Å². The van der Waals surface area contributed by atoms with Gasteiger partial charge >= 0.3 is 0 Å². The molecule has 0 fully saturated rings. The third-order valence-corrected chi connectivity index (χ3v) is 5.33. The molecule has 0 nitrogen and oxygen atoms in total. The highest BCUT2D eigenvalue weighted by Gasteiger charge is 2.17.